The Balaban J connectivity index is 1.52. The topological polar surface area (TPSA) is 148 Å². The predicted octanol–water partition coefficient (Wildman–Crippen LogP) is 4.09. The average molecular weight is 579 g/mol. The number of nitro benzene ring substituents is 1. The Morgan fingerprint density at radius 2 is 1.49 bits per heavy atom. The van der Waals surface area contributed by atoms with Gasteiger partial charge in [0.1, 0.15) is 5.78 Å². The molecule has 1 atom stereocenters. The largest absolute Gasteiger partial charge is 0.300 e. The van der Waals surface area contributed by atoms with Crippen molar-refractivity contribution in [2.75, 3.05) is 19.6 Å². The highest BCUT2D eigenvalue weighted by atomic mass is 32.2. The van der Waals surface area contributed by atoms with Crippen LogP contribution in [0, 0.1) is 10.1 Å². The highest BCUT2D eigenvalue weighted by Crippen LogP contribution is 2.22. The van der Waals surface area contributed by atoms with E-state index in [1.165, 1.54) is 18.2 Å². The van der Waals surface area contributed by atoms with Gasteiger partial charge in [0.15, 0.2) is 10.7 Å². The molecule has 0 aliphatic rings. The molecule has 0 unspecified atom stereocenters. The van der Waals surface area contributed by atoms with Crippen molar-refractivity contribution in [2.45, 2.75) is 43.5 Å². The van der Waals surface area contributed by atoms with Gasteiger partial charge in [-0.3, -0.25) is 24.7 Å². The van der Waals surface area contributed by atoms with E-state index in [-0.39, 0.29) is 31.2 Å². The molecule has 0 fully saturated rings. The Morgan fingerprint density at radius 3 is 2.07 bits per heavy atom. The molecular weight excluding hydrogens is 544 g/mol. The van der Waals surface area contributed by atoms with Crippen LogP contribution in [0.5, 0.6) is 0 Å². The molecule has 0 saturated carbocycles. The summed E-state index contributed by atoms with van der Waals surface area (Å²) in [5, 5.41) is 14.2. The summed E-state index contributed by atoms with van der Waals surface area (Å²) in [7, 11) is -4.06. The maximum Gasteiger partial charge on any atom is 0.289 e. The number of carbonyl (C=O) groups excluding carboxylic acids is 2. The fourth-order valence-electron chi connectivity index (χ4n) is 4.22. The summed E-state index contributed by atoms with van der Waals surface area (Å²) in [6.07, 6.45) is 1.61. The highest BCUT2D eigenvalue weighted by molar-refractivity contribution is 7.89. The molecule has 0 aliphatic heterocycles. The van der Waals surface area contributed by atoms with E-state index in [1.54, 1.807) is 6.92 Å². The van der Waals surface area contributed by atoms with Crippen molar-refractivity contribution in [3.8, 4) is 0 Å². The zero-order valence-electron chi connectivity index (χ0n) is 22.9. The van der Waals surface area contributed by atoms with Crippen LogP contribution in [0.2, 0.25) is 0 Å². The number of ketones is 2. The molecule has 3 aromatic rings. The number of benzene rings is 3. The van der Waals surface area contributed by atoms with Gasteiger partial charge >= 0.3 is 0 Å². The number of para-hydroxylation sites is 1. The smallest absolute Gasteiger partial charge is 0.289 e. The number of nitrogens with one attached hydrogen (secondary N) is 2. The number of hydrogen-bond donors (Lipinski definition) is 2. The number of carbonyl (C=O) groups is 2. The van der Waals surface area contributed by atoms with E-state index in [2.05, 4.69) is 15.0 Å². The second-order valence-electron chi connectivity index (χ2n) is 9.31. The number of unbranched alkanes of at least 4 members (excludes halogenated alkanes) is 1. The van der Waals surface area contributed by atoms with Crippen LogP contribution in [0.1, 0.15) is 43.7 Å². The zero-order chi connectivity index (χ0) is 29.7. The van der Waals surface area contributed by atoms with Crippen LogP contribution in [0.3, 0.4) is 0 Å². The van der Waals surface area contributed by atoms with Crippen LogP contribution in [0.4, 0.5) is 5.69 Å². The minimum absolute atomic E-state index is 0.0267. The lowest BCUT2D eigenvalue weighted by molar-refractivity contribution is -0.387. The normalized spacial score (nSPS) is 11.9. The van der Waals surface area contributed by atoms with Gasteiger partial charge in [0.2, 0.25) is 10.0 Å². The van der Waals surface area contributed by atoms with Gasteiger partial charge < -0.3 is 5.32 Å². The average Bonchev–Trinajstić information content (AvgIpc) is 2.99. The van der Waals surface area contributed by atoms with E-state index in [4.69, 9.17) is 0 Å². The predicted molar refractivity (Wildman–Crippen MR) is 158 cm³/mol. The second kappa shape index (κ2) is 15.7. The standard InChI is InChI=1S/C30H34N4O6S/c1-2-28(36)26(17-11-12-20-33-41(39,40)29-19-10-9-18-27(29)34(37)38)31-21-25(35)22-32-30(23-13-5-3-6-14-23)24-15-7-4-8-16-24/h3-10,13-16,18-19,26,31,33H,2,11-12,17,20-22H2,1H3/t26-/m0/s1. The van der Waals surface area contributed by atoms with Crippen LogP contribution in [-0.4, -0.2) is 56.3 Å². The number of nitrogens with zero attached hydrogens (tertiary/aromatic N) is 2. The lowest BCUT2D eigenvalue weighted by atomic mass is 10.0. The van der Waals surface area contributed by atoms with E-state index in [9.17, 15) is 28.1 Å². The molecule has 10 nitrogen and oxygen atoms in total. The molecule has 3 rings (SSSR count). The lowest BCUT2D eigenvalue weighted by Gasteiger charge is -2.16. The minimum Gasteiger partial charge on any atom is -0.300 e. The van der Waals surface area contributed by atoms with E-state index >= 15 is 0 Å². The molecule has 0 aromatic heterocycles. The Kier molecular flexibility index (Phi) is 12.0. The van der Waals surface area contributed by atoms with Crippen LogP contribution >= 0.6 is 0 Å². The van der Waals surface area contributed by atoms with Gasteiger partial charge in [0, 0.05) is 30.2 Å². The van der Waals surface area contributed by atoms with E-state index in [0.717, 1.165) is 17.2 Å². The fraction of sp³-hybridized carbons (Fsp3) is 0.300. The number of Topliss-reactive ketones (excluding diaryl/α,β-unsaturated/α-hetero) is 2. The molecule has 0 spiro atoms. The summed E-state index contributed by atoms with van der Waals surface area (Å²) in [5.74, 6) is -0.212. The van der Waals surface area contributed by atoms with Gasteiger partial charge in [0.25, 0.3) is 5.69 Å². The number of rotatable bonds is 17. The molecule has 0 heterocycles. The zero-order valence-corrected chi connectivity index (χ0v) is 23.7. The Bertz CT molecular complexity index is 1420. The molecule has 0 aliphatic carbocycles. The fourth-order valence-corrected chi connectivity index (χ4v) is 5.46. The van der Waals surface area contributed by atoms with Gasteiger partial charge in [-0.25, -0.2) is 13.1 Å². The van der Waals surface area contributed by atoms with E-state index in [1.807, 2.05) is 60.7 Å². The van der Waals surface area contributed by atoms with Gasteiger partial charge in [-0.1, -0.05) is 86.1 Å². The highest BCUT2D eigenvalue weighted by Gasteiger charge is 2.24. The van der Waals surface area contributed by atoms with Gasteiger partial charge in [-0.2, -0.15) is 0 Å². The first-order chi connectivity index (χ1) is 19.7. The van der Waals surface area contributed by atoms with E-state index in [0.29, 0.717) is 31.4 Å². The van der Waals surface area contributed by atoms with Crippen molar-refractivity contribution in [3.05, 3.63) is 106 Å². The van der Waals surface area contributed by atoms with Gasteiger partial charge in [0.05, 0.1) is 29.8 Å². The molecule has 0 saturated heterocycles. The summed E-state index contributed by atoms with van der Waals surface area (Å²) in [5.41, 5.74) is 2.02. The number of sulfonamides is 1. The molecule has 41 heavy (non-hydrogen) atoms. The van der Waals surface area contributed by atoms with Crippen molar-refractivity contribution in [3.63, 3.8) is 0 Å². The van der Waals surface area contributed by atoms with Gasteiger partial charge in [-0.15, -0.1) is 0 Å². The van der Waals surface area contributed by atoms with Crippen molar-refractivity contribution >= 4 is 33.0 Å². The third kappa shape index (κ3) is 9.52. The van der Waals surface area contributed by atoms with Crippen LogP contribution in [-0.2, 0) is 19.6 Å². The van der Waals surface area contributed by atoms with Crippen molar-refractivity contribution < 1.29 is 22.9 Å². The maximum atomic E-state index is 12.7. The molecule has 11 heteroatoms. The molecule has 0 radical (unpaired) electrons. The summed E-state index contributed by atoms with van der Waals surface area (Å²) < 4.78 is 27.5. The minimum atomic E-state index is -4.06. The van der Waals surface area contributed by atoms with Crippen LogP contribution in [0.15, 0.2) is 94.8 Å². The van der Waals surface area contributed by atoms with Crippen LogP contribution < -0.4 is 10.0 Å². The molecule has 3 aromatic carbocycles. The molecule has 2 N–H and O–H groups in total. The second-order valence-corrected chi connectivity index (χ2v) is 11.0. The Hall–Kier alpha value is -4.06. The lowest BCUT2D eigenvalue weighted by Crippen LogP contribution is -2.40. The summed E-state index contributed by atoms with van der Waals surface area (Å²) in [6.45, 7) is 1.72. The Labute approximate surface area is 240 Å². The maximum absolute atomic E-state index is 12.7. The molecule has 0 amide bonds. The number of hydrogen-bond acceptors (Lipinski definition) is 8. The summed E-state index contributed by atoms with van der Waals surface area (Å²) in [6, 6.07) is 23.8. The Morgan fingerprint density at radius 1 is 0.902 bits per heavy atom. The van der Waals surface area contributed by atoms with Crippen molar-refractivity contribution in [2.24, 2.45) is 4.99 Å². The first kappa shape index (κ1) is 31.5. The number of aliphatic imine (C=N–C) groups is 1. The summed E-state index contributed by atoms with van der Waals surface area (Å²) >= 11 is 0. The van der Waals surface area contributed by atoms with Crippen molar-refractivity contribution in [1.29, 1.82) is 0 Å². The quantitative estimate of drug-likeness (QED) is 0.106. The third-order valence-corrected chi connectivity index (χ3v) is 7.86. The van der Waals surface area contributed by atoms with E-state index < -0.39 is 31.6 Å². The first-order valence-corrected chi connectivity index (χ1v) is 14.9. The van der Waals surface area contributed by atoms with Crippen molar-refractivity contribution in [1.82, 2.24) is 10.0 Å². The number of nitro groups is 1. The monoisotopic (exact) mass is 578 g/mol. The summed E-state index contributed by atoms with van der Waals surface area (Å²) in [4.78, 5) is 39.8. The molecule has 216 valence electrons. The van der Waals surface area contributed by atoms with Gasteiger partial charge in [-0.05, 0) is 18.9 Å². The molecular formula is C30H34N4O6S. The van der Waals surface area contributed by atoms with Crippen LogP contribution in [0.25, 0.3) is 0 Å². The SMILES string of the molecule is CCC(=O)[C@H](CCCCNS(=O)(=O)c1ccccc1[N+](=O)[O-])NCC(=O)CN=C(c1ccccc1)c1ccccc1. The third-order valence-electron chi connectivity index (χ3n) is 6.35. The first-order valence-electron chi connectivity index (χ1n) is 13.4. The molecule has 0 bridgehead atoms.